The molecule has 1 unspecified atom stereocenters. The van der Waals surface area contributed by atoms with E-state index in [0.717, 1.165) is 32.3 Å². The molecule has 15 heavy (non-hydrogen) atoms. The number of methoxy groups -OCH3 is 1. The Morgan fingerprint density at radius 3 is 2.00 bits per heavy atom. The first-order valence-electron chi connectivity index (χ1n) is 6.08. The maximum absolute atomic E-state index is 5.84. The van der Waals surface area contributed by atoms with Crippen LogP contribution in [-0.4, -0.2) is 24.9 Å². The van der Waals surface area contributed by atoms with Crippen LogP contribution in [0.15, 0.2) is 0 Å². The highest BCUT2D eigenvalue weighted by Gasteiger charge is 2.24. The van der Waals surface area contributed by atoms with Crippen LogP contribution in [0.25, 0.3) is 0 Å². The van der Waals surface area contributed by atoms with Crippen molar-refractivity contribution in [3.63, 3.8) is 0 Å². The zero-order valence-corrected chi connectivity index (χ0v) is 11.4. The standard InChI is InChI=1S/C13H28O2/c1-7-9-13(5,14-6)10-11-15-12(3,4)8-2/h7-11H2,1-6H3. The lowest BCUT2D eigenvalue weighted by Gasteiger charge is -2.30. The predicted molar refractivity (Wildman–Crippen MR) is 65.3 cm³/mol. The molecule has 0 aromatic rings. The first-order valence-corrected chi connectivity index (χ1v) is 6.08. The average Bonchev–Trinajstić information content (AvgIpc) is 2.18. The molecule has 0 N–H and O–H groups in total. The molecule has 92 valence electrons. The second-order valence-electron chi connectivity index (χ2n) is 5.12. The Morgan fingerprint density at radius 2 is 1.60 bits per heavy atom. The molecular weight excluding hydrogens is 188 g/mol. The Hall–Kier alpha value is -0.0800. The predicted octanol–water partition coefficient (Wildman–Crippen LogP) is 3.79. The second-order valence-corrected chi connectivity index (χ2v) is 5.12. The van der Waals surface area contributed by atoms with Crippen LogP contribution in [0.3, 0.4) is 0 Å². The Labute approximate surface area is 95.3 Å². The van der Waals surface area contributed by atoms with Gasteiger partial charge in [0.15, 0.2) is 0 Å². The van der Waals surface area contributed by atoms with Crippen molar-refractivity contribution in [2.24, 2.45) is 0 Å². The van der Waals surface area contributed by atoms with Crippen LogP contribution in [0.5, 0.6) is 0 Å². The summed E-state index contributed by atoms with van der Waals surface area (Å²) in [5.41, 5.74) is -0.0144. The third-order valence-corrected chi connectivity index (χ3v) is 3.25. The lowest BCUT2D eigenvalue weighted by atomic mass is 9.96. The number of hydrogen-bond acceptors (Lipinski definition) is 2. The lowest BCUT2D eigenvalue weighted by Crippen LogP contribution is -2.32. The van der Waals surface area contributed by atoms with Crippen LogP contribution < -0.4 is 0 Å². The van der Waals surface area contributed by atoms with Gasteiger partial charge in [-0.1, -0.05) is 20.3 Å². The molecule has 0 fully saturated rings. The molecule has 2 heteroatoms. The van der Waals surface area contributed by atoms with Gasteiger partial charge >= 0.3 is 0 Å². The van der Waals surface area contributed by atoms with Crippen LogP contribution in [0.4, 0.5) is 0 Å². The van der Waals surface area contributed by atoms with Crippen LogP contribution in [0.2, 0.25) is 0 Å². The fourth-order valence-corrected chi connectivity index (χ4v) is 1.50. The first kappa shape index (κ1) is 14.9. The van der Waals surface area contributed by atoms with Gasteiger partial charge in [-0.25, -0.2) is 0 Å². The minimum atomic E-state index is -0.0153. The minimum absolute atomic E-state index is 0.000859. The Morgan fingerprint density at radius 1 is 1.00 bits per heavy atom. The molecule has 0 heterocycles. The monoisotopic (exact) mass is 216 g/mol. The topological polar surface area (TPSA) is 18.5 Å². The highest BCUT2D eigenvalue weighted by atomic mass is 16.5. The molecule has 0 saturated heterocycles. The van der Waals surface area contributed by atoms with E-state index in [9.17, 15) is 0 Å². The molecule has 2 nitrogen and oxygen atoms in total. The molecule has 0 aliphatic heterocycles. The van der Waals surface area contributed by atoms with Crippen molar-refractivity contribution >= 4 is 0 Å². The summed E-state index contributed by atoms with van der Waals surface area (Å²) in [5.74, 6) is 0. The van der Waals surface area contributed by atoms with E-state index in [1.807, 2.05) is 0 Å². The van der Waals surface area contributed by atoms with E-state index in [1.165, 1.54) is 0 Å². The summed E-state index contributed by atoms with van der Waals surface area (Å²) < 4.78 is 11.4. The Balaban J connectivity index is 3.91. The molecule has 0 rings (SSSR count). The summed E-state index contributed by atoms with van der Waals surface area (Å²) in [6, 6.07) is 0. The summed E-state index contributed by atoms with van der Waals surface area (Å²) in [6.07, 6.45) is 4.27. The first-order chi connectivity index (χ1) is 6.89. The van der Waals surface area contributed by atoms with E-state index >= 15 is 0 Å². The van der Waals surface area contributed by atoms with E-state index in [-0.39, 0.29) is 11.2 Å². The molecule has 0 aliphatic carbocycles. The smallest absolute Gasteiger partial charge is 0.0672 e. The zero-order chi connectivity index (χ0) is 11.9. The van der Waals surface area contributed by atoms with Gasteiger partial charge in [-0.2, -0.15) is 0 Å². The zero-order valence-electron chi connectivity index (χ0n) is 11.4. The third-order valence-electron chi connectivity index (χ3n) is 3.25. The van der Waals surface area contributed by atoms with Crippen LogP contribution in [0, 0.1) is 0 Å². The van der Waals surface area contributed by atoms with Gasteiger partial charge in [-0.15, -0.1) is 0 Å². The summed E-state index contributed by atoms with van der Waals surface area (Å²) in [6.45, 7) is 11.6. The van der Waals surface area contributed by atoms with Crippen molar-refractivity contribution in [3.05, 3.63) is 0 Å². The fraction of sp³-hybridized carbons (Fsp3) is 1.00. The summed E-state index contributed by atoms with van der Waals surface area (Å²) in [7, 11) is 1.79. The Bertz CT molecular complexity index is 166. The van der Waals surface area contributed by atoms with Crippen molar-refractivity contribution in [2.75, 3.05) is 13.7 Å². The van der Waals surface area contributed by atoms with Gasteiger partial charge in [0.2, 0.25) is 0 Å². The van der Waals surface area contributed by atoms with Crippen LogP contribution in [0.1, 0.15) is 60.3 Å². The van der Waals surface area contributed by atoms with E-state index in [4.69, 9.17) is 9.47 Å². The van der Waals surface area contributed by atoms with Crippen LogP contribution >= 0.6 is 0 Å². The van der Waals surface area contributed by atoms with E-state index in [2.05, 4.69) is 34.6 Å². The maximum Gasteiger partial charge on any atom is 0.0672 e. The molecule has 0 radical (unpaired) electrons. The molecular formula is C13H28O2. The molecule has 0 aromatic carbocycles. The van der Waals surface area contributed by atoms with Gasteiger partial charge in [0.05, 0.1) is 17.8 Å². The highest BCUT2D eigenvalue weighted by Crippen LogP contribution is 2.23. The minimum Gasteiger partial charge on any atom is -0.378 e. The quantitative estimate of drug-likeness (QED) is 0.614. The van der Waals surface area contributed by atoms with Crippen molar-refractivity contribution in [3.8, 4) is 0 Å². The molecule has 0 aliphatic rings. The number of hydrogen-bond donors (Lipinski definition) is 0. The van der Waals surface area contributed by atoms with Crippen molar-refractivity contribution < 1.29 is 9.47 Å². The lowest BCUT2D eigenvalue weighted by molar-refractivity contribution is -0.0687. The summed E-state index contributed by atoms with van der Waals surface area (Å²) >= 11 is 0. The number of rotatable bonds is 8. The van der Waals surface area contributed by atoms with Crippen LogP contribution in [-0.2, 0) is 9.47 Å². The fourth-order valence-electron chi connectivity index (χ4n) is 1.50. The largest absolute Gasteiger partial charge is 0.378 e. The van der Waals surface area contributed by atoms with Gasteiger partial charge in [0.1, 0.15) is 0 Å². The van der Waals surface area contributed by atoms with Gasteiger partial charge < -0.3 is 9.47 Å². The number of ether oxygens (including phenoxy) is 2. The molecule has 0 aromatic heterocycles. The normalized spacial score (nSPS) is 16.4. The Kier molecular flexibility index (Phi) is 6.46. The maximum atomic E-state index is 5.84. The molecule has 0 spiro atoms. The van der Waals surface area contributed by atoms with E-state index < -0.39 is 0 Å². The highest BCUT2D eigenvalue weighted by molar-refractivity contribution is 4.75. The summed E-state index contributed by atoms with van der Waals surface area (Å²) in [5, 5.41) is 0. The van der Waals surface area contributed by atoms with Gasteiger partial charge in [0.25, 0.3) is 0 Å². The molecule has 0 saturated carbocycles. The van der Waals surface area contributed by atoms with Gasteiger partial charge in [-0.3, -0.25) is 0 Å². The third kappa shape index (κ3) is 6.16. The van der Waals surface area contributed by atoms with Crippen molar-refractivity contribution in [1.82, 2.24) is 0 Å². The average molecular weight is 216 g/mol. The summed E-state index contributed by atoms with van der Waals surface area (Å²) in [4.78, 5) is 0. The molecule has 0 bridgehead atoms. The second kappa shape index (κ2) is 6.49. The SMILES string of the molecule is CCCC(C)(CCOC(C)(C)CC)OC. The molecule has 1 atom stereocenters. The van der Waals surface area contributed by atoms with Crippen molar-refractivity contribution in [2.45, 2.75) is 71.5 Å². The van der Waals surface area contributed by atoms with E-state index in [0.29, 0.717) is 0 Å². The molecule has 0 amide bonds. The van der Waals surface area contributed by atoms with Crippen molar-refractivity contribution in [1.29, 1.82) is 0 Å². The van der Waals surface area contributed by atoms with Gasteiger partial charge in [-0.05, 0) is 40.0 Å². The van der Waals surface area contributed by atoms with Gasteiger partial charge in [0, 0.05) is 7.11 Å². The van der Waals surface area contributed by atoms with E-state index in [1.54, 1.807) is 7.11 Å².